The molecule has 0 aliphatic rings. The Morgan fingerprint density at radius 2 is 0.574 bits per heavy atom. The van der Waals surface area contributed by atoms with Crippen molar-refractivity contribution in [2.24, 2.45) is 0 Å². The Hall–Kier alpha value is -4.46. The summed E-state index contributed by atoms with van der Waals surface area (Å²) in [5.41, 5.74) is 12.0. The van der Waals surface area contributed by atoms with Crippen LogP contribution < -0.4 is 0 Å². The van der Waals surface area contributed by atoms with E-state index in [0.717, 1.165) is 10.6 Å². The molecule has 6 rings (SSSR count). The Morgan fingerprint density at radius 1 is 0.311 bits per heavy atom. The molecule has 0 saturated carbocycles. The Labute approximate surface area is 380 Å². The van der Waals surface area contributed by atoms with E-state index in [1.165, 1.54) is 50.6 Å². The average molecular weight is 846 g/mol. The normalized spacial score (nSPS) is 10.1. The first-order chi connectivity index (χ1) is 28.8. The highest BCUT2D eigenvalue weighted by atomic mass is 35.5. The van der Waals surface area contributed by atoms with E-state index in [-0.39, 0.29) is 5.82 Å². The average Bonchev–Trinajstić information content (AvgIpc) is 3.23. The van der Waals surface area contributed by atoms with Crippen molar-refractivity contribution in [2.45, 2.75) is 153 Å². The monoisotopic (exact) mass is 845 g/mol. The van der Waals surface area contributed by atoms with Gasteiger partial charge in [0.2, 0.25) is 0 Å². The summed E-state index contributed by atoms with van der Waals surface area (Å²) in [6.07, 6.45) is 0. The van der Waals surface area contributed by atoms with Crippen molar-refractivity contribution in [1.82, 2.24) is 0 Å². The summed E-state index contributed by atoms with van der Waals surface area (Å²) in [6, 6.07) is 51.4. The van der Waals surface area contributed by atoms with E-state index in [1.807, 2.05) is 44.2 Å². The zero-order valence-electron chi connectivity index (χ0n) is 41.2. The van der Waals surface area contributed by atoms with E-state index >= 15 is 0 Å². The lowest BCUT2D eigenvalue weighted by Gasteiger charge is -2.03. The van der Waals surface area contributed by atoms with Gasteiger partial charge in [0, 0.05) is 5.02 Å². The smallest absolute Gasteiger partial charge is 0.123 e. The van der Waals surface area contributed by atoms with Crippen molar-refractivity contribution in [1.29, 1.82) is 0 Å². The molecule has 0 aromatic heterocycles. The van der Waals surface area contributed by atoms with Gasteiger partial charge in [-0.2, -0.15) is 0 Å². The van der Waals surface area contributed by atoms with Gasteiger partial charge < -0.3 is 0 Å². The van der Waals surface area contributed by atoms with E-state index < -0.39 is 0 Å². The Kier molecular flexibility index (Phi) is 29.9. The van der Waals surface area contributed by atoms with Gasteiger partial charge in [0.1, 0.15) is 5.82 Å². The molecular weight excluding hydrogens is 763 g/mol. The minimum absolute atomic E-state index is 0.147. The summed E-state index contributed by atoms with van der Waals surface area (Å²) >= 11 is 5.79. The standard InChI is InChI=1S/3C10H14.C9H11Cl.C9H11F.C9H12.C2H6/c3*1-8(2)10-6-4-9(3)5-7-10;2*1-7(2)8-4-3-5-9(10)6-8;1-8(2)9-6-4-3-5-7-9;1-2/h3*4-8H,1-3H3;2*3-7H,1-2H3;3-8H,1-2H3;1-2H3. The van der Waals surface area contributed by atoms with Gasteiger partial charge in [0.05, 0.1) is 0 Å². The molecule has 0 spiro atoms. The van der Waals surface area contributed by atoms with Crippen LogP contribution >= 0.6 is 11.6 Å². The molecule has 61 heavy (non-hydrogen) atoms. The number of hydrogen-bond acceptors (Lipinski definition) is 0. The van der Waals surface area contributed by atoms with E-state index in [2.05, 4.69) is 207 Å². The maximum absolute atomic E-state index is 12.5. The maximum atomic E-state index is 12.5. The van der Waals surface area contributed by atoms with Crippen LogP contribution in [0, 0.1) is 26.6 Å². The molecule has 332 valence electrons. The minimum Gasteiger partial charge on any atom is -0.207 e. The van der Waals surface area contributed by atoms with Gasteiger partial charge in [0.25, 0.3) is 0 Å². The summed E-state index contributed by atoms with van der Waals surface area (Å²) in [6.45, 7) is 36.4. The Morgan fingerprint density at radius 3 is 0.803 bits per heavy atom. The maximum Gasteiger partial charge on any atom is 0.123 e. The van der Waals surface area contributed by atoms with Crippen LogP contribution in [0.2, 0.25) is 5.02 Å². The third-order valence-corrected chi connectivity index (χ3v) is 9.96. The largest absolute Gasteiger partial charge is 0.207 e. The second kappa shape index (κ2) is 32.3. The molecule has 6 aromatic rings. The summed E-state index contributed by atoms with van der Waals surface area (Å²) < 4.78 is 12.5. The number of hydrogen-bond donors (Lipinski definition) is 0. The van der Waals surface area contributed by atoms with Gasteiger partial charge in [0.15, 0.2) is 0 Å². The second-order valence-corrected chi connectivity index (χ2v) is 17.6. The zero-order valence-corrected chi connectivity index (χ0v) is 41.9. The number of halogens is 2. The highest BCUT2D eigenvalue weighted by Crippen LogP contribution is 2.19. The molecular formula is C59H82ClF. The highest BCUT2D eigenvalue weighted by Gasteiger charge is 2.00. The number of aryl methyl sites for hydroxylation is 3. The molecule has 0 amide bonds. The minimum atomic E-state index is -0.147. The summed E-state index contributed by atoms with van der Waals surface area (Å²) in [5.74, 6) is 3.45. The van der Waals surface area contributed by atoms with Crippen molar-refractivity contribution >= 4 is 11.6 Å². The SMILES string of the molecule is CC.CC(C)c1cccc(Cl)c1.CC(C)c1cccc(F)c1.CC(C)c1ccccc1.Cc1ccc(C(C)C)cc1.Cc1ccc(C(C)C)cc1.Cc1ccc(C(C)C)cc1. The van der Waals surface area contributed by atoms with Crippen LogP contribution in [0.15, 0.2) is 152 Å². The Balaban J connectivity index is 0.000000702. The fraction of sp³-hybridized carbons (Fsp3) is 0.390. The first kappa shape index (κ1) is 56.5. The van der Waals surface area contributed by atoms with E-state index in [4.69, 9.17) is 11.6 Å². The Bertz CT molecular complexity index is 1770. The third-order valence-electron chi connectivity index (χ3n) is 9.73. The van der Waals surface area contributed by atoms with Crippen LogP contribution in [0.3, 0.4) is 0 Å². The fourth-order valence-corrected chi connectivity index (χ4v) is 5.62. The van der Waals surface area contributed by atoms with Crippen LogP contribution in [-0.4, -0.2) is 0 Å². The molecule has 0 heterocycles. The molecule has 0 saturated heterocycles. The molecule has 0 aliphatic carbocycles. The molecule has 2 heteroatoms. The predicted octanol–water partition coefficient (Wildman–Crippen LogP) is 19.6. The summed E-state index contributed by atoms with van der Waals surface area (Å²) in [5, 5.41) is 0.825. The van der Waals surface area contributed by atoms with Crippen LogP contribution in [0.1, 0.15) is 183 Å². The molecule has 0 radical (unpaired) electrons. The molecule has 0 fully saturated rings. The lowest BCUT2D eigenvalue weighted by atomic mass is 10.0. The molecule has 0 atom stereocenters. The highest BCUT2D eigenvalue weighted by molar-refractivity contribution is 6.30. The fourth-order valence-electron chi connectivity index (χ4n) is 5.42. The summed E-state index contributed by atoms with van der Waals surface area (Å²) in [7, 11) is 0. The molecule has 6 aromatic carbocycles. The van der Waals surface area contributed by atoms with Crippen molar-refractivity contribution in [3.05, 3.63) is 213 Å². The molecule has 0 unspecified atom stereocenters. The molecule has 0 aliphatic heterocycles. The van der Waals surface area contributed by atoms with Crippen molar-refractivity contribution in [3.63, 3.8) is 0 Å². The van der Waals surface area contributed by atoms with Crippen LogP contribution in [0.4, 0.5) is 4.39 Å². The quantitative estimate of drug-likeness (QED) is 0.157. The van der Waals surface area contributed by atoms with Gasteiger partial charge in [-0.25, -0.2) is 4.39 Å². The topological polar surface area (TPSA) is 0 Å². The van der Waals surface area contributed by atoms with Crippen molar-refractivity contribution in [3.8, 4) is 0 Å². The lowest BCUT2D eigenvalue weighted by molar-refractivity contribution is 0.623. The second-order valence-electron chi connectivity index (χ2n) is 17.2. The van der Waals surface area contributed by atoms with Gasteiger partial charge in [-0.05, 0) is 114 Å². The molecule has 0 bridgehead atoms. The van der Waals surface area contributed by atoms with Gasteiger partial charge in [-0.3, -0.25) is 0 Å². The molecule has 0 N–H and O–H groups in total. The number of rotatable bonds is 6. The zero-order chi connectivity index (χ0) is 46.5. The van der Waals surface area contributed by atoms with Crippen molar-refractivity contribution < 1.29 is 4.39 Å². The van der Waals surface area contributed by atoms with Crippen LogP contribution in [0.25, 0.3) is 0 Å². The van der Waals surface area contributed by atoms with Gasteiger partial charge in [-0.1, -0.05) is 253 Å². The van der Waals surface area contributed by atoms with Crippen LogP contribution in [0.5, 0.6) is 0 Å². The third kappa shape index (κ3) is 26.5. The first-order valence-corrected chi connectivity index (χ1v) is 22.9. The lowest BCUT2D eigenvalue weighted by Crippen LogP contribution is -1.86. The predicted molar refractivity (Wildman–Crippen MR) is 274 cm³/mol. The van der Waals surface area contributed by atoms with Crippen LogP contribution in [-0.2, 0) is 0 Å². The van der Waals surface area contributed by atoms with E-state index in [0.29, 0.717) is 35.5 Å². The van der Waals surface area contributed by atoms with Gasteiger partial charge in [-0.15, -0.1) is 0 Å². The molecule has 0 nitrogen and oxygen atoms in total. The first-order valence-electron chi connectivity index (χ1n) is 22.6. The number of benzene rings is 6. The van der Waals surface area contributed by atoms with Crippen molar-refractivity contribution in [2.75, 3.05) is 0 Å². The van der Waals surface area contributed by atoms with E-state index in [9.17, 15) is 4.39 Å². The van der Waals surface area contributed by atoms with Gasteiger partial charge >= 0.3 is 0 Å². The summed E-state index contributed by atoms with van der Waals surface area (Å²) in [4.78, 5) is 0. The van der Waals surface area contributed by atoms with E-state index in [1.54, 1.807) is 12.1 Å².